The molecule has 2 aliphatic rings. The lowest BCUT2D eigenvalue weighted by Crippen LogP contribution is -2.35. The lowest BCUT2D eigenvalue weighted by Gasteiger charge is -2.17. The van der Waals surface area contributed by atoms with Gasteiger partial charge in [-0.1, -0.05) is 48.5 Å². The molecule has 1 saturated carbocycles. The van der Waals surface area contributed by atoms with Gasteiger partial charge < -0.3 is 20.5 Å². The summed E-state index contributed by atoms with van der Waals surface area (Å²) in [6, 6.07) is 16.1. The molecule has 5 rings (SSSR count). The first-order valence-electron chi connectivity index (χ1n) is 11.6. The van der Waals surface area contributed by atoms with Crippen molar-refractivity contribution in [2.24, 2.45) is 13.0 Å². The number of hydrogen-bond donors (Lipinski definition) is 3. The van der Waals surface area contributed by atoms with Gasteiger partial charge in [-0.3, -0.25) is 9.48 Å². The molecular weight excluding hydrogens is 448 g/mol. The number of carboxylic acid groups (broad SMARTS) is 1. The van der Waals surface area contributed by atoms with E-state index in [0.29, 0.717) is 19.3 Å². The van der Waals surface area contributed by atoms with Crippen molar-refractivity contribution in [3.63, 3.8) is 0 Å². The summed E-state index contributed by atoms with van der Waals surface area (Å²) in [5, 5.41) is 18.7. The number of anilines is 1. The minimum Gasteiger partial charge on any atom is -0.477 e. The number of aromatic carboxylic acids is 1. The molecule has 2 aromatic carbocycles. The van der Waals surface area contributed by atoms with Gasteiger partial charge in [-0.15, -0.1) is 0 Å². The van der Waals surface area contributed by atoms with Crippen LogP contribution in [0.4, 0.5) is 10.6 Å². The lowest BCUT2D eigenvalue weighted by molar-refractivity contribution is -0.119. The van der Waals surface area contributed by atoms with Crippen molar-refractivity contribution in [2.45, 2.75) is 31.2 Å². The Labute approximate surface area is 202 Å². The van der Waals surface area contributed by atoms with Gasteiger partial charge in [0, 0.05) is 24.9 Å². The molecule has 2 amide bonds. The third-order valence-electron chi connectivity index (χ3n) is 6.88. The van der Waals surface area contributed by atoms with Crippen LogP contribution in [0.1, 0.15) is 46.7 Å². The Balaban J connectivity index is 1.16. The van der Waals surface area contributed by atoms with Crippen LogP contribution in [0.5, 0.6) is 0 Å². The van der Waals surface area contributed by atoms with Gasteiger partial charge in [0.05, 0.1) is 6.20 Å². The summed E-state index contributed by atoms with van der Waals surface area (Å²) in [6.45, 7) is 0.231. The van der Waals surface area contributed by atoms with E-state index >= 15 is 0 Å². The molecule has 2 aliphatic carbocycles. The van der Waals surface area contributed by atoms with Gasteiger partial charge in [0.1, 0.15) is 18.0 Å². The van der Waals surface area contributed by atoms with Crippen molar-refractivity contribution < 1.29 is 24.2 Å². The normalized spacial score (nSPS) is 18.5. The van der Waals surface area contributed by atoms with Gasteiger partial charge in [0.25, 0.3) is 0 Å². The first-order valence-corrected chi connectivity index (χ1v) is 11.6. The Bertz CT molecular complexity index is 1250. The highest BCUT2D eigenvalue weighted by Gasteiger charge is 2.33. The summed E-state index contributed by atoms with van der Waals surface area (Å²) in [6.07, 6.45) is 2.38. The number of rotatable bonds is 6. The summed E-state index contributed by atoms with van der Waals surface area (Å²) < 4.78 is 6.94. The molecule has 9 heteroatoms. The molecule has 0 bridgehead atoms. The van der Waals surface area contributed by atoms with E-state index in [1.54, 1.807) is 7.05 Å². The van der Waals surface area contributed by atoms with E-state index in [2.05, 4.69) is 40.0 Å². The number of nitrogens with one attached hydrogen (secondary N) is 2. The Kier molecular flexibility index (Phi) is 5.98. The van der Waals surface area contributed by atoms with E-state index in [0.717, 1.165) is 11.1 Å². The molecule has 1 fully saturated rings. The quantitative estimate of drug-likeness (QED) is 0.500. The summed E-state index contributed by atoms with van der Waals surface area (Å²) in [5.41, 5.74) is 4.57. The first-order chi connectivity index (χ1) is 16.9. The largest absolute Gasteiger partial charge is 0.477 e. The van der Waals surface area contributed by atoms with Gasteiger partial charge in [0.2, 0.25) is 5.91 Å². The fourth-order valence-electron chi connectivity index (χ4n) is 5.12. The van der Waals surface area contributed by atoms with Crippen LogP contribution in [0.3, 0.4) is 0 Å². The molecule has 35 heavy (non-hydrogen) atoms. The van der Waals surface area contributed by atoms with Crippen LogP contribution < -0.4 is 10.6 Å². The number of ether oxygens (including phenoxy) is 1. The van der Waals surface area contributed by atoms with Crippen molar-refractivity contribution in [1.82, 2.24) is 15.1 Å². The van der Waals surface area contributed by atoms with E-state index in [1.165, 1.54) is 22.0 Å². The smallest absolute Gasteiger partial charge is 0.407 e. The van der Waals surface area contributed by atoms with Crippen molar-refractivity contribution in [2.75, 3.05) is 11.9 Å². The number of aromatic nitrogens is 2. The molecule has 3 N–H and O–H groups in total. The predicted molar refractivity (Wildman–Crippen MR) is 128 cm³/mol. The van der Waals surface area contributed by atoms with Gasteiger partial charge in [-0.2, -0.15) is 5.10 Å². The SMILES string of the molecule is Cn1ncc(C(=O)O)c1NC(=O)[C@H]1CC[C@@H](NC(=O)OCC2c3ccccc3-c3ccccc32)C1. The van der Waals surface area contributed by atoms with Crippen LogP contribution in [0.15, 0.2) is 54.7 Å². The van der Waals surface area contributed by atoms with E-state index in [9.17, 15) is 19.5 Å². The van der Waals surface area contributed by atoms with Gasteiger partial charge in [-0.05, 0) is 41.5 Å². The second kappa shape index (κ2) is 9.25. The molecule has 0 spiro atoms. The number of hydrogen-bond acceptors (Lipinski definition) is 5. The minimum absolute atomic E-state index is 0.0161. The first kappa shape index (κ1) is 22.6. The summed E-state index contributed by atoms with van der Waals surface area (Å²) in [5.74, 6) is -1.65. The molecule has 0 aliphatic heterocycles. The number of alkyl carbamates (subject to hydrolysis) is 1. The molecule has 0 radical (unpaired) electrons. The molecule has 1 heterocycles. The van der Waals surface area contributed by atoms with Crippen LogP contribution in [0.2, 0.25) is 0 Å². The summed E-state index contributed by atoms with van der Waals surface area (Å²) in [4.78, 5) is 36.6. The molecule has 9 nitrogen and oxygen atoms in total. The number of fused-ring (bicyclic) bond motifs is 3. The molecular formula is C26H26N4O5. The zero-order valence-electron chi connectivity index (χ0n) is 19.2. The average molecular weight is 475 g/mol. The average Bonchev–Trinajstić information content (AvgIpc) is 3.54. The number of carbonyl (C=O) groups is 3. The zero-order chi connectivity index (χ0) is 24.5. The van der Waals surface area contributed by atoms with Crippen molar-refractivity contribution in [1.29, 1.82) is 0 Å². The van der Waals surface area contributed by atoms with E-state index in [-0.39, 0.29) is 41.8 Å². The van der Waals surface area contributed by atoms with Crippen molar-refractivity contribution in [3.8, 4) is 11.1 Å². The second-order valence-electron chi connectivity index (χ2n) is 9.00. The Morgan fingerprint density at radius 1 is 1.06 bits per heavy atom. The highest BCUT2D eigenvalue weighted by Crippen LogP contribution is 2.44. The topological polar surface area (TPSA) is 123 Å². The van der Waals surface area contributed by atoms with Crippen molar-refractivity contribution in [3.05, 3.63) is 71.4 Å². The Morgan fingerprint density at radius 2 is 1.71 bits per heavy atom. The van der Waals surface area contributed by atoms with E-state index in [1.807, 2.05) is 24.3 Å². The second-order valence-corrected chi connectivity index (χ2v) is 9.00. The standard InChI is InChI=1S/C26H26N4O5/c1-30-23(21(13-27-30)25(32)33)29-24(31)15-10-11-16(12-15)28-26(34)35-14-22-19-8-4-2-6-17(19)18-7-3-5-9-20(18)22/h2-9,13,15-16,22H,10-12,14H2,1H3,(H,28,34)(H,29,31)(H,32,33)/t15-,16+/m0/s1. The molecule has 180 valence electrons. The zero-order valence-corrected chi connectivity index (χ0v) is 19.2. The Morgan fingerprint density at radius 3 is 2.37 bits per heavy atom. The van der Waals surface area contributed by atoms with Crippen LogP contribution in [0.25, 0.3) is 11.1 Å². The molecule has 1 aromatic heterocycles. The maximum atomic E-state index is 12.7. The van der Waals surface area contributed by atoms with Gasteiger partial charge in [-0.25, -0.2) is 9.59 Å². The van der Waals surface area contributed by atoms with Crippen LogP contribution in [0, 0.1) is 5.92 Å². The summed E-state index contributed by atoms with van der Waals surface area (Å²) in [7, 11) is 1.57. The van der Waals surface area contributed by atoms with Gasteiger partial charge in [0.15, 0.2) is 0 Å². The van der Waals surface area contributed by atoms with Crippen LogP contribution >= 0.6 is 0 Å². The minimum atomic E-state index is -1.16. The number of carbonyl (C=O) groups excluding carboxylic acids is 2. The van der Waals surface area contributed by atoms with Crippen molar-refractivity contribution >= 4 is 23.8 Å². The molecule has 0 saturated heterocycles. The fraction of sp³-hybridized carbons (Fsp3) is 0.308. The number of carboxylic acids is 1. The maximum absolute atomic E-state index is 12.7. The molecule has 2 atom stereocenters. The highest BCUT2D eigenvalue weighted by molar-refractivity contribution is 6.00. The van der Waals surface area contributed by atoms with Crippen LogP contribution in [-0.4, -0.2) is 45.5 Å². The van der Waals surface area contributed by atoms with Crippen LogP contribution in [-0.2, 0) is 16.6 Å². The number of nitrogens with zero attached hydrogens (tertiary/aromatic N) is 2. The third kappa shape index (κ3) is 4.37. The van der Waals surface area contributed by atoms with E-state index < -0.39 is 12.1 Å². The monoisotopic (exact) mass is 474 g/mol. The highest BCUT2D eigenvalue weighted by atomic mass is 16.5. The fourth-order valence-corrected chi connectivity index (χ4v) is 5.12. The van der Waals surface area contributed by atoms with E-state index in [4.69, 9.17) is 4.74 Å². The van der Waals surface area contributed by atoms with Gasteiger partial charge >= 0.3 is 12.1 Å². The number of amides is 2. The Hall–Kier alpha value is -4.14. The molecule has 0 unspecified atom stereocenters. The maximum Gasteiger partial charge on any atom is 0.407 e. The third-order valence-corrected chi connectivity index (χ3v) is 6.88. The number of aryl methyl sites for hydroxylation is 1. The summed E-state index contributed by atoms with van der Waals surface area (Å²) >= 11 is 0. The molecule has 3 aromatic rings. The lowest BCUT2D eigenvalue weighted by atomic mass is 9.98. The number of benzene rings is 2. The predicted octanol–water partition coefficient (Wildman–Crippen LogP) is 3.76.